The zero-order chi connectivity index (χ0) is 14.8. The van der Waals surface area contributed by atoms with E-state index in [4.69, 9.17) is 4.74 Å². The zero-order valence-electron chi connectivity index (χ0n) is 12.4. The average molecular weight is 352 g/mol. The Hall–Kier alpha value is -0.870. The van der Waals surface area contributed by atoms with E-state index >= 15 is 0 Å². The van der Waals surface area contributed by atoms with E-state index in [0.29, 0.717) is 17.9 Å². The van der Waals surface area contributed by atoms with E-state index in [2.05, 4.69) is 28.1 Å². The molecule has 1 saturated carbocycles. The number of halogens is 1. The molecule has 3 rings (SSSR count). The third kappa shape index (κ3) is 3.49. The van der Waals surface area contributed by atoms with Crippen molar-refractivity contribution in [3.05, 3.63) is 34.3 Å². The standard InChI is InChI=1S/C17H22BrNO2/c1-2-21-14-6-8-19(9-7-14)17(20)16-11-15(16)12-4-3-5-13(18)10-12/h3-5,10,14-16H,2,6-9,11H2,1H3/t15-,16-/m0/s1. The molecule has 1 amide bonds. The van der Waals surface area contributed by atoms with E-state index in [1.807, 2.05) is 24.0 Å². The molecule has 0 bridgehead atoms. The second-order valence-corrected chi connectivity index (χ2v) is 6.90. The van der Waals surface area contributed by atoms with E-state index in [9.17, 15) is 4.79 Å². The highest BCUT2D eigenvalue weighted by Gasteiger charge is 2.46. The molecule has 0 aromatic heterocycles. The molecule has 2 atom stereocenters. The van der Waals surface area contributed by atoms with Gasteiger partial charge in [-0.3, -0.25) is 4.79 Å². The maximum atomic E-state index is 12.6. The summed E-state index contributed by atoms with van der Waals surface area (Å²) in [5.74, 6) is 0.956. The Morgan fingerprint density at radius 3 is 2.81 bits per heavy atom. The minimum atomic E-state index is 0.197. The maximum Gasteiger partial charge on any atom is 0.226 e. The van der Waals surface area contributed by atoms with Crippen LogP contribution in [0.4, 0.5) is 0 Å². The molecule has 114 valence electrons. The molecule has 2 fully saturated rings. The van der Waals surface area contributed by atoms with Crippen LogP contribution < -0.4 is 0 Å². The van der Waals surface area contributed by atoms with E-state index in [1.165, 1.54) is 5.56 Å². The number of amides is 1. The van der Waals surface area contributed by atoms with Gasteiger partial charge in [0.25, 0.3) is 0 Å². The Balaban J connectivity index is 1.54. The Labute approximate surface area is 134 Å². The number of likely N-dealkylation sites (tertiary alicyclic amines) is 1. The second-order valence-electron chi connectivity index (χ2n) is 5.98. The highest BCUT2D eigenvalue weighted by Crippen LogP contribution is 2.49. The first-order chi connectivity index (χ1) is 10.2. The monoisotopic (exact) mass is 351 g/mol. The lowest BCUT2D eigenvalue weighted by molar-refractivity contribution is -0.135. The fraction of sp³-hybridized carbons (Fsp3) is 0.588. The summed E-state index contributed by atoms with van der Waals surface area (Å²) >= 11 is 3.50. The molecule has 1 aromatic rings. The SMILES string of the molecule is CCOC1CCN(C(=O)[C@H]2C[C@H]2c2cccc(Br)c2)CC1. The first-order valence-electron chi connectivity index (χ1n) is 7.85. The highest BCUT2D eigenvalue weighted by molar-refractivity contribution is 9.10. The highest BCUT2D eigenvalue weighted by atomic mass is 79.9. The Bertz CT molecular complexity index is 511. The molecule has 0 spiro atoms. The number of ether oxygens (including phenoxy) is 1. The van der Waals surface area contributed by atoms with Crippen LogP contribution in [-0.2, 0) is 9.53 Å². The first kappa shape index (κ1) is 15.0. The third-order valence-corrected chi connectivity index (χ3v) is 5.03. The topological polar surface area (TPSA) is 29.5 Å². The van der Waals surface area contributed by atoms with Crippen LogP contribution in [0.25, 0.3) is 0 Å². The van der Waals surface area contributed by atoms with Gasteiger partial charge in [-0.2, -0.15) is 0 Å². The number of piperidine rings is 1. The molecule has 0 N–H and O–H groups in total. The molecule has 1 aliphatic heterocycles. The predicted octanol–water partition coefficient (Wildman–Crippen LogP) is 3.58. The molecule has 1 aromatic carbocycles. The fourth-order valence-corrected chi connectivity index (χ4v) is 3.70. The summed E-state index contributed by atoms with van der Waals surface area (Å²) < 4.78 is 6.74. The van der Waals surface area contributed by atoms with Crippen LogP contribution >= 0.6 is 15.9 Å². The van der Waals surface area contributed by atoms with Gasteiger partial charge in [0.05, 0.1) is 6.10 Å². The molecule has 21 heavy (non-hydrogen) atoms. The van der Waals surface area contributed by atoms with Crippen LogP contribution in [0.3, 0.4) is 0 Å². The van der Waals surface area contributed by atoms with Crippen LogP contribution in [0.15, 0.2) is 28.7 Å². The summed E-state index contributed by atoms with van der Waals surface area (Å²) in [5, 5.41) is 0. The fourth-order valence-electron chi connectivity index (χ4n) is 3.29. The van der Waals surface area contributed by atoms with Gasteiger partial charge in [-0.15, -0.1) is 0 Å². The van der Waals surface area contributed by atoms with Gasteiger partial charge < -0.3 is 9.64 Å². The van der Waals surface area contributed by atoms with E-state index < -0.39 is 0 Å². The summed E-state index contributed by atoms with van der Waals surface area (Å²) in [7, 11) is 0. The Morgan fingerprint density at radius 1 is 1.38 bits per heavy atom. The normalized spacial score (nSPS) is 25.9. The summed E-state index contributed by atoms with van der Waals surface area (Å²) in [5.41, 5.74) is 1.28. The smallest absolute Gasteiger partial charge is 0.226 e. The number of benzene rings is 1. The Kier molecular flexibility index (Phi) is 4.65. The number of nitrogens with zero attached hydrogens (tertiary/aromatic N) is 1. The minimum Gasteiger partial charge on any atom is -0.378 e. The molecule has 1 heterocycles. The van der Waals surface area contributed by atoms with Crippen molar-refractivity contribution in [3.63, 3.8) is 0 Å². The van der Waals surface area contributed by atoms with E-state index in [1.54, 1.807) is 0 Å². The van der Waals surface area contributed by atoms with Gasteiger partial charge >= 0.3 is 0 Å². The molecular weight excluding hydrogens is 330 g/mol. The number of carbonyl (C=O) groups excluding carboxylic acids is 1. The molecule has 2 aliphatic rings. The number of rotatable bonds is 4. The molecule has 0 unspecified atom stereocenters. The third-order valence-electron chi connectivity index (χ3n) is 4.54. The summed E-state index contributed by atoms with van der Waals surface area (Å²) in [6, 6.07) is 8.34. The van der Waals surface area contributed by atoms with Crippen molar-refractivity contribution in [1.29, 1.82) is 0 Å². The van der Waals surface area contributed by atoms with Crippen molar-refractivity contribution in [2.24, 2.45) is 5.92 Å². The predicted molar refractivity (Wildman–Crippen MR) is 86.2 cm³/mol. The van der Waals surface area contributed by atoms with Crippen molar-refractivity contribution in [2.45, 2.75) is 38.2 Å². The van der Waals surface area contributed by atoms with Crippen molar-refractivity contribution in [2.75, 3.05) is 19.7 Å². The lowest BCUT2D eigenvalue weighted by Gasteiger charge is -2.32. The van der Waals surface area contributed by atoms with Crippen molar-refractivity contribution < 1.29 is 9.53 Å². The molecule has 1 aliphatic carbocycles. The van der Waals surface area contributed by atoms with Gasteiger partial charge in [-0.25, -0.2) is 0 Å². The van der Waals surface area contributed by atoms with E-state index in [0.717, 1.165) is 43.4 Å². The van der Waals surface area contributed by atoms with Crippen molar-refractivity contribution >= 4 is 21.8 Å². The average Bonchev–Trinajstić information content (AvgIpc) is 3.28. The summed E-state index contributed by atoms with van der Waals surface area (Å²) in [6.07, 6.45) is 3.31. The minimum absolute atomic E-state index is 0.197. The van der Waals surface area contributed by atoms with Gasteiger partial charge in [0, 0.05) is 30.1 Å². The Morgan fingerprint density at radius 2 is 2.14 bits per heavy atom. The van der Waals surface area contributed by atoms with Gasteiger partial charge in [0.1, 0.15) is 0 Å². The van der Waals surface area contributed by atoms with Crippen LogP contribution in [0.1, 0.15) is 37.7 Å². The number of hydrogen-bond donors (Lipinski definition) is 0. The largest absolute Gasteiger partial charge is 0.378 e. The van der Waals surface area contributed by atoms with Crippen LogP contribution in [0, 0.1) is 5.92 Å². The van der Waals surface area contributed by atoms with Crippen LogP contribution in [-0.4, -0.2) is 36.6 Å². The zero-order valence-corrected chi connectivity index (χ0v) is 14.0. The molecule has 0 radical (unpaired) electrons. The lowest BCUT2D eigenvalue weighted by atomic mass is 10.1. The molecular formula is C17H22BrNO2. The summed E-state index contributed by atoms with van der Waals surface area (Å²) in [4.78, 5) is 14.6. The molecule has 3 nitrogen and oxygen atoms in total. The molecule has 4 heteroatoms. The first-order valence-corrected chi connectivity index (χ1v) is 8.64. The number of hydrogen-bond acceptors (Lipinski definition) is 2. The van der Waals surface area contributed by atoms with Crippen molar-refractivity contribution in [1.82, 2.24) is 4.90 Å². The summed E-state index contributed by atoms with van der Waals surface area (Å²) in [6.45, 7) is 4.51. The van der Waals surface area contributed by atoms with Gasteiger partial charge in [0.2, 0.25) is 5.91 Å². The quantitative estimate of drug-likeness (QED) is 0.829. The second kappa shape index (κ2) is 6.49. The van der Waals surface area contributed by atoms with Crippen molar-refractivity contribution in [3.8, 4) is 0 Å². The maximum absolute atomic E-state index is 12.6. The van der Waals surface area contributed by atoms with E-state index in [-0.39, 0.29) is 5.92 Å². The molecule has 1 saturated heterocycles. The number of carbonyl (C=O) groups is 1. The van der Waals surface area contributed by atoms with Crippen LogP contribution in [0.5, 0.6) is 0 Å². The van der Waals surface area contributed by atoms with Crippen LogP contribution in [0.2, 0.25) is 0 Å². The van der Waals surface area contributed by atoms with Gasteiger partial charge in [-0.05, 0) is 49.8 Å². The van der Waals surface area contributed by atoms with Gasteiger partial charge in [0.15, 0.2) is 0 Å². The van der Waals surface area contributed by atoms with Gasteiger partial charge in [-0.1, -0.05) is 28.1 Å². The lowest BCUT2D eigenvalue weighted by Crippen LogP contribution is -2.41.